The van der Waals surface area contributed by atoms with Crippen molar-refractivity contribution in [2.75, 3.05) is 19.9 Å². The predicted octanol–water partition coefficient (Wildman–Crippen LogP) is 2.38. The Hall–Kier alpha value is -3.33. The van der Waals surface area contributed by atoms with E-state index in [0.29, 0.717) is 23.0 Å². The van der Waals surface area contributed by atoms with Gasteiger partial charge >= 0.3 is 0 Å². The third-order valence-electron chi connectivity index (χ3n) is 3.56. The molecule has 134 valence electrons. The molecule has 6 heteroatoms. The summed E-state index contributed by atoms with van der Waals surface area (Å²) in [5.41, 5.74) is 0. The van der Waals surface area contributed by atoms with Gasteiger partial charge in [0, 0.05) is 6.07 Å². The van der Waals surface area contributed by atoms with E-state index in [1.807, 2.05) is 18.2 Å². The van der Waals surface area contributed by atoms with Gasteiger partial charge in [-0.05, 0) is 31.2 Å². The lowest BCUT2D eigenvalue weighted by molar-refractivity contribution is -0.126. The van der Waals surface area contributed by atoms with Crippen LogP contribution in [-0.2, 0) is 4.79 Å². The largest absolute Gasteiger partial charge is 0.481 e. The van der Waals surface area contributed by atoms with Gasteiger partial charge in [0.1, 0.15) is 18.1 Å². The summed E-state index contributed by atoms with van der Waals surface area (Å²) >= 11 is 0. The van der Waals surface area contributed by atoms with Gasteiger partial charge in [0.15, 0.2) is 17.6 Å². The van der Waals surface area contributed by atoms with E-state index in [9.17, 15) is 4.79 Å². The maximum Gasteiger partial charge on any atom is 0.261 e. The second kappa shape index (κ2) is 8.67. The molecule has 3 rings (SSSR count). The van der Waals surface area contributed by atoms with Gasteiger partial charge in [0.2, 0.25) is 6.79 Å². The zero-order valence-electron chi connectivity index (χ0n) is 14.4. The monoisotopic (exact) mass is 353 g/mol. The molecule has 0 radical (unpaired) electrons. The van der Waals surface area contributed by atoms with E-state index < -0.39 is 6.10 Å². The highest BCUT2D eigenvalue weighted by atomic mass is 16.7. The van der Waals surface area contributed by atoms with Gasteiger partial charge in [0.25, 0.3) is 5.91 Å². The zero-order valence-corrected chi connectivity index (χ0v) is 14.4. The van der Waals surface area contributed by atoms with Gasteiger partial charge in [-0.2, -0.15) is 0 Å². The molecular weight excluding hydrogens is 334 g/mol. The standard InChI is InChI=1S/C20H19NO5/c1-15(26-16-7-3-2-4-8-16)20(22)21-11-5-6-12-23-17-9-10-18-19(13-17)25-14-24-18/h2-4,7-10,13,15H,11-12,14H2,1H3,(H,21,22)/t15-/m1/s1. The predicted molar refractivity (Wildman–Crippen MR) is 95.4 cm³/mol. The third kappa shape index (κ3) is 4.84. The lowest BCUT2D eigenvalue weighted by Crippen LogP contribution is -2.36. The lowest BCUT2D eigenvalue weighted by Gasteiger charge is -2.13. The van der Waals surface area contributed by atoms with Crippen molar-refractivity contribution in [3.63, 3.8) is 0 Å². The van der Waals surface area contributed by atoms with Gasteiger partial charge in [-0.25, -0.2) is 0 Å². The average Bonchev–Trinajstić information content (AvgIpc) is 3.13. The molecule has 0 aromatic heterocycles. The number of para-hydroxylation sites is 1. The van der Waals surface area contributed by atoms with Crippen LogP contribution in [0.4, 0.5) is 0 Å². The molecule has 6 nitrogen and oxygen atoms in total. The first-order valence-corrected chi connectivity index (χ1v) is 8.20. The normalized spacial score (nSPS) is 12.5. The maximum absolute atomic E-state index is 11.9. The maximum atomic E-state index is 11.9. The Kier molecular flexibility index (Phi) is 5.84. The highest BCUT2D eigenvalue weighted by Crippen LogP contribution is 2.34. The van der Waals surface area contributed by atoms with E-state index in [1.54, 1.807) is 37.3 Å². The number of amides is 1. The second-order valence-corrected chi connectivity index (χ2v) is 5.45. The molecule has 0 fully saturated rings. The molecular formula is C20H19NO5. The van der Waals surface area contributed by atoms with E-state index in [4.69, 9.17) is 18.9 Å². The molecule has 0 bridgehead atoms. The van der Waals surface area contributed by atoms with Crippen molar-refractivity contribution in [3.05, 3.63) is 48.5 Å². The highest BCUT2D eigenvalue weighted by Gasteiger charge is 2.14. The molecule has 1 N–H and O–H groups in total. The molecule has 2 aromatic rings. The second-order valence-electron chi connectivity index (χ2n) is 5.45. The number of hydrogen-bond acceptors (Lipinski definition) is 5. The zero-order chi connectivity index (χ0) is 18.2. The molecule has 1 amide bonds. The Morgan fingerprint density at radius 3 is 2.77 bits per heavy atom. The fraction of sp³-hybridized carbons (Fsp3) is 0.250. The van der Waals surface area contributed by atoms with Crippen molar-refractivity contribution in [2.24, 2.45) is 0 Å². The molecule has 0 saturated heterocycles. The summed E-state index contributed by atoms with van der Waals surface area (Å²) < 4.78 is 21.6. The Morgan fingerprint density at radius 2 is 1.92 bits per heavy atom. The minimum Gasteiger partial charge on any atom is -0.481 e. The van der Waals surface area contributed by atoms with Crippen LogP contribution < -0.4 is 24.3 Å². The van der Waals surface area contributed by atoms with Gasteiger partial charge in [0.05, 0.1) is 6.54 Å². The van der Waals surface area contributed by atoms with Crippen molar-refractivity contribution in [1.29, 1.82) is 0 Å². The fourth-order valence-electron chi connectivity index (χ4n) is 2.23. The summed E-state index contributed by atoms with van der Waals surface area (Å²) in [4.78, 5) is 11.9. The molecule has 1 aliphatic rings. The summed E-state index contributed by atoms with van der Waals surface area (Å²) in [6.45, 7) is 2.36. The molecule has 2 aromatic carbocycles. The number of fused-ring (bicyclic) bond motifs is 1. The number of rotatable bonds is 6. The van der Waals surface area contributed by atoms with E-state index in [0.717, 1.165) is 0 Å². The fourth-order valence-corrected chi connectivity index (χ4v) is 2.23. The van der Waals surface area contributed by atoms with Crippen molar-refractivity contribution < 1.29 is 23.7 Å². The van der Waals surface area contributed by atoms with Crippen molar-refractivity contribution in [3.8, 4) is 34.8 Å². The Labute approximate surface area is 152 Å². The quantitative estimate of drug-likeness (QED) is 0.808. The average molecular weight is 353 g/mol. The minimum absolute atomic E-state index is 0.214. The van der Waals surface area contributed by atoms with Crippen LogP contribution in [-0.4, -0.2) is 32.0 Å². The van der Waals surface area contributed by atoms with Crippen LogP contribution in [0.5, 0.6) is 23.0 Å². The number of ether oxygens (including phenoxy) is 4. The number of carbonyl (C=O) groups excluding carboxylic acids is 1. The molecule has 26 heavy (non-hydrogen) atoms. The Morgan fingerprint density at radius 1 is 1.12 bits per heavy atom. The van der Waals surface area contributed by atoms with E-state index in [-0.39, 0.29) is 25.9 Å². The van der Waals surface area contributed by atoms with Crippen LogP contribution in [0.2, 0.25) is 0 Å². The van der Waals surface area contributed by atoms with Crippen LogP contribution in [0.15, 0.2) is 48.5 Å². The molecule has 0 saturated carbocycles. The van der Waals surface area contributed by atoms with Crippen LogP contribution in [0.3, 0.4) is 0 Å². The van der Waals surface area contributed by atoms with E-state index in [1.165, 1.54) is 0 Å². The SMILES string of the molecule is C[C@@H](Oc1ccccc1)C(=O)NCC#CCOc1ccc2c(c1)OCO2. The van der Waals surface area contributed by atoms with Crippen molar-refractivity contribution in [1.82, 2.24) is 5.32 Å². The topological polar surface area (TPSA) is 66.0 Å². The third-order valence-corrected chi connectivity index (χ3v) is 3.56. The Balaban J connectivity index is 1.36. The summed E-state index contributed by atoms with van der Waals surface area (Å²) in [6.07, 6.45) is -0.593. The van der Waals surface area contributed by atoms with Crippen LogP contribution in [0, 0.1) is 11.8 Å². The molecule has 1 aliphatic heterocycles. The molecule has 1 heterocycles. The summed E-state index contributed by atoms with van der Waals surface area (Å²) in [5.74, 6) is 8.13. The molecule has 0 unspecified atom stereocenters. The minimum atomic E-state index is -0.593. The number of carbonyl (C=O) groups is 1. The van der Waals surface area contributed by atoms with Gasteiger partial charge in [-0.15, -0.1) is 0 Å². The van der Waals surface area contributed by atoms with Crippen LogP contribution >= 0.6 is 0 Å². The first-order valence-electron chi connectivity index (χ1n) is 8.20. The number of benzene rings is 2. The van der Waals surface area contributed by atoms with E-state index >= 15 is 0 Å². The molecule has 1 atom stereocenters. The smallest absolute Gasteiger partial charge is 0.261 e. The van der Waals surface area contributed by atoms with Crippen LogP contribution in [0.25, 0.3) is 0 Å². The van der Waals surface area contributed by atoms with Gasteiger partial charge < -0.3 is 24.3 Å². The first kappa shape index (κ1) is 17.5. The summed E-state index contributed by atoms with van der Waals surface area (Å²) in [6, 6.07) is 14.5. The summed E-state index contributed by atoms with van der Waals surface area (Å²) in [7, 11) is 0. The Bertz CT molecular complexity index is 810. The van der Waals surface area contributed by atoms with Crippen molar-refractivity contribution in [2.45, 2.75) is 13.0 Å². The van der Waals surface area contributed by atoms with Crippen molar-refractivity contribution >= 4 is 5.91 Å². The van der Waals surface area contributed by atoms with Gasteiger partial charge in [-0.1, -0.05) is 30.0 Å². The lowest BCUT2D eigenvalue weighted by atomic mass is 10.3. The molecule has 0 spiro atoms. The summed E-state index contributed by atoms with van der Waals surface area (Å²) in [5, 5.41) is 2.71. The van der Waals surface area contributed by atoms with Crippen LogP contribution in [0.1, 0.15) is 6.92 Å². The first-order chi connectivity index (χ1) is 12.7. The van der Waals surface area contributed by atoms with Gasteiger partial charge in [-0.3, -0.25) is 4.79 Å². The number of hydrogen-bond donors (Lipinski definition) is 1. The highest BCUT2D eigenvalue weighted by molar-refractivity contribution is 5.80. The van der Waals surface area contributed by atoms with E-state index in [2.05, 4.69) is 17.2 Å². The number of nitrogens with one attached hydrogen (secondary N) is 1. The molecule has 0 aliphatic carbocycles.